The average molecular weight is 473 g/mol. The zero-order valence-corrected chi connectivity index (χ0v) is 18.9. The Labute approximate surface area is 184 Å². The number of aliphatic hydroxyl groups is 1. The van der Waals surface area contributed by atoms with E-state index in [4.69, 9.17) is 9.47 Å². The lowest BCUT2D eigenvalue weighted by atomic mass is 9.93. The molecule has 0 fully saturated rings. The minimum Gasteiger partial charge on any atom is -0.463 e. The molecule has 0 saturated heterocycles. The van der Waals surface area contributed by atoms with Crippen molar-refractivity contribution in [3.63, 3.8) is 0 Å². The number of carbonyl (C=O) groups is 2. The summed E-state index contributed by atoms with van der Waals surface area (Å²) in [4.78, 5) is 24.8. The molecule has 0 aliphatic heterocycles. The molecular formula is C24H25BrO5. The van der Waals surface area contributed by atoms with E-state index in [1.54, 1.807) is 13.8 Å². The molecule has 0 bridgehead atoms. The highest BCUT2D eigenvalue weighted by Gasteiger charge is 2.38. The van der Waals surface area contributed by atoms with Crippen LogP contribution in [0.25, 0.3) is 21.5 Å². The van der Waals surface area contributed by atoms with Crippen molar-refractivity contribution in [3.8, 4) is 0 Å². The summed E-state index contributed by atoms with van der Waals surface area (Å²) in [5.74, 6) is -1.14. The third kappa shape index (κ3) is 4.65. The summed E-state index contributed by atoms with van der Waals surface area (Å²) in [5, 5.41) is 13.9. The molecule has 30 heavy (non-hydrogen) atoms. The molecule has 3 aromatic rings. The smallest absolute Gasteiger partial charge is 0.322 e. The maximum absolute atomic E-state index is 12.8. The number of aliphatic hydroxyl groups excluding tert-OH is 1. The van der Waals surface area contributed by atoms with Crippen molar-refractivity contribution in [3.05, 3.63) is 60.2 Å². The van der Waals surface area contributed by atoms with E-state index in [0.29, 0.717) is 0 Å². The van der Waals surface area contributed by atoms with Crippen LogP contribution in [0.4, 0.5) is 0 Å². The predicted octanol–water partition coefficient (Wildman–Crippen LogP) is 4.75. The molecule has 6 heteroatoms. The number of fused-ring (bicyclic) bond motifs is 2. The van der Waals surface area contributed by atoms with Crippen molar-refractivity contribution >= 4 is 49.4 Å². The van der Waals surface area contributed by atoms with Gasteiger partial charge in [0.05, 0.1) is 6.61 Å². The molecule has 5 nitrogen and oxygen atoms in total. The minimum absolute atomic E-state index is 0.0498. The molecule has 0 saturated carbocycles. The molecule has 3 aromatic carbocycles. The highest BCUT2D eigenvalue weighted by molar-refractivity contribution is 9.10. The largest absolute Gasteiger partial charge is 0.463 e. The summed E-state index contributed by atoms with van der Waals surface area (Å²) >= 11 is 3.22. The Morgan fingerprint density at radius 2 is 1.43 bits per heavy atom. The number of rotatable bonds is 7. The van der Waals surface area contributed by atoms with Gasteiger partial charge in [0, 0.05) is 5.56 Å². The van der Waals surface area contributed by atoms with Crippen LogP contribution in [0.3, 0.4) is 0 Å². The van der Waals surface area contributed by atoms with Crippen LogP contribution in [-0.2, 0) is 25.7 Å². The second-order valence-corrected chi connectivity index (χ2v) is 10.1. The minimum atomic E-state index is -1.35. The van der Waals surface area contributed by atoms with Gasteiger partial charge in [0.1, 0.15) is 23.0 Å². The molecular weight excluding hydrogens is 448 g/mol. The fourth-order valence-corrected chi connectivity index (χ4v) is 3.26. The first-order chi connectivity index (χ1) is 14.2. The molecule has 0 aliphatic carbocycles. The maximum atomic E-state index is 12.8. The van der Waals surface area contributed by atoms with Crippen LogP contribution in [0.15, 0.2) is 54.6 Å². The number of esters is 2. The van der Waals surface area contributed by atoms with Crippen molar-refractivity contribution < 1.29 is 24.2 Å². The molecule has 0 spiro atoms. The molecule has 1 unspecified atom stereocenters. The van der Waals surface area contributed by atoms with Gasteiger partial charge in [-0.15, -0.1) is 0 Å². The third-order valence-corrected chi connectivity index (χ3v) is 5.40. The monoisotopic (exact) mass is 472 g/mol. The van der Waals surface area contributed by atoms with Gasteiger partial charge in [-0.3, -0.25) is 9.59 Å². The Kier molecular flexibility index (Phi) is 6.48. The van der Waals surface area contributed by atoms with E-state index in [-0.39, 0.29) is 13.2 Å². The van der Waals surface area contributed by atoms with Gasteiger partial charge in [-0.05, 0) is 48.4 Å². The number of alkyl halides is 1. The lowest BCUT2D eigenvalue weighted by Gasteiger charge is -2.26. The molecule has 1 N–H and O–H groups in total. The summed E-state index contributed by atoms with van der Waals surface area (Å²) in [6.45, 7) is 4.09. The third-order valence-electron chi connectivity index (χ3n) is 5.08. The second kappa shape index (κ2) is 8.74. The summed E-state index contributed by atoms with van der Waals surface area (Å²) in [6, 6.07) is 18.0. The van der Waals surface area contributed by atoms with E-state index in [0.717, 1.165) is 27.1 Å². The van der Waals surface area contributed by atoms with Gasteiger partial charge in [0.15, 0.2) is 0 Å². The first-order valence-corrected chi connectivity index (χ1v) is 10.5. The Balaban J connectivity index is 1.83. The first kappa shape index (κ1) is 22.2. The molecule has 1 atom stereocenters. The number of hydrogen-bond donors (Lipinski definition) is 1. The van der Waals surface area contributed by atoms with E-state index >= 15 is 0 Å². The van der Waals surface area contributed by atoms with E-state index in [2.05, 4.69) is 22.0 Å². The Morgan fingerprint density at radius 1 is 0.900 bits per heavy atom. The van der Waals surface area contributed by atoms with Crippen molar-refractivity contribution in [1.82, 2.24) is 0 Å². The molecule has 0 radical (unpaired) electrons. The predicted molar refractivity (Wildman–Crippen MR) is 120 cm³/mol. The quantitative estimate of drug-likeness (QED) is 0.305. The van der Waals surface area contributed by atoms with Crippen molar-refractivity contribution in [2.75, 3.05) is 13.2 Å². The first-order valence-electron chi connectivity index (χ1n) is 9.69. The molecule has 158 valence electrons. The van der Waals surface area contributed by atoms with Gasteiger partial charge in [-0.1, -0.05) is 64.5 Å². The van der Waals surface area contributed by atoms with Gasteiger partial charge in [-0.2, -0.15) is 0 Å². The van der Waals surface area contributed by atoms with E-state index in [1.165, 1.54) is 6.92 Å². The topological polar surface area (TPSA) is 72.8 Å². The Hall–Kier alpha value is -2.44. The van der Waals surface area contributed by atoms with Crippen LogP contribution in [0, 0.1) is 5.41 Å². The SMILES string of the molecule is CC(C)(Br)C(=O)OCC(C)(CO)C(=O)OCc1c2ccccc2cc2ccccc12. The van der Waals surface area contributed by atoms with E-state index in [1.807, 2.05) is 48.5 Å². The highest BCUT2D eigenvalue weighted by Crippen LogP contribution is 2.30. The lowest BCUT2D eigenvalue weighted by Crippen LogP contribution is -2.40. The summed E-state index contributed by atoms with van der Waals surface area (Å²) in [5.41, 5.74) is -0.454. The standard InChI is InChI=1S/C24H25BrO5/c1-23(2,25)21(27)30-15-24(3,14-26)22(28)29-13-20-18-10-6-4-8-16(18)12-17-9-5-7-11-19(17)20/h4-12,26H,13-15H2,1-3H3. The highest BCUT2D eigenvalue weighted by atomic mass is 79.9. The second-order valence-electron chi connectivity index (χ2n) is 8.14. The maximum Gasteiger partial charge on any atom is 0.322 e. The zero-order valence-electron chi connectivity index (χ0n) is 17.3. The molecule has 0 amide bonds. The number of carbonyl (C=O) groups excluding carboxylic acids is 2. The molecule has 0 aliphatic rings. The number of hydrogen-bond acceptors (Lipinski definition) is 5. The molecule has 0 aromatic heterocycles. The van der Waals surface area contributed by atoms with Crippen LogP contribution in [0.1, 0.15) is 26.3 Å². The fourth-order valence-electron chi connectivity index (χ4n) is 3.14. The lowest BCUT2D eigenvalue weighted by molar-refractivity contribution is -0.167. The Morgan fingerprint density at radius 3 is 1.93 bits per heavy atom. The van der Waals surface area contributed by atoms with Crippen LogP contribution < -0.4 is 0 Å². The normalized spacial score (nSPS) is 13.8. The molecule has 3 rings (SSSR count). The van der Waals surface area contributed by atoms with Crippen molar-refractivity contribution in [2.24, 2.45) is 5.41 Å². The van der Waals surface area contributed by atoms with Gasteiger partial charge >= 0.3 is 11.9 Å². The molecule has 0 heterocycles. The summed E-state index contributed by atoms with van der Waals surface area (Å²) in [6.07, 6.45) is 0. The number of halogens is 1. The van der Waals surface area contributed by atoms with E-state index in [9.17, 15) is 14.7 Å². The average Bonchev–Trinajstić information content (AvgIpc) is 2.73. The van der Waals surface area contributed by atoms with Crippen LogP contribution in [0.2, 0.25) is 0 Å². The van der Waals surface area contributed by atoms with Gasteiger partial charge in [0.25, 0.3) is 0 Å². The van der Waals surface area contributed by atoms with Crippen molar-refractivity contribution in [1.29, 1.82) is 0 Å². The van der Waals surface area contributed by atoms with Gasteiger partial charge in [-0.25, -0.2) is 0 Å². The van der Waals surface area contributed by atoms with Crippen LogP contribution >= 0.6 is 15.9 Å². The van der Waals surface area contributed by atoms with Crippen LogP contribution in [-0.4, -0.2) is 34.6 Å². The van der Waals surface area contributed by atoms with Gasteiger partial charge < -0.3 is 14.6 Å². The Bertz CT molecular complexity index is 1030. The number of ether oxygens (including phenoxy) is 2. The van der Waals surface area contributed by atoms with Gasteiger partial charge in [0.2, 0.25) is 0 Å². The fraction of sp³-hybridized carbons (Fsp3) is 0.333. The van der Waals surface area contributed by atoms with Crippen molar-refractivity contribution in [2.45, 2.75) is 31.7 Å². The number of benzene rings is 3. The van der Waals surface area contributed by atoms with E-state index < -0.39 is 28.3 Å². The van der Waals surface area contributed by atoms with Crippen LogP contribution in [0.5, 0.6) is 0 Å². The zero-order chi connectivity index (χ0) is 21.9. The summed E-state index contributed by atoms with van der Waals surface area (Å²) < 4.78 is 9.97. The summed E-state index contributed by atoms with van der Waals surface area (Å²) in [7, 11) is 0.